The Kier molecular flexibility index (Phi) is 4.42. The summed E-state index contributed by atoms with van der Waals surface area (Å²) in [6.07, 6.45) is 2.81. The molecule has 1 aromatic carbocycles. The zero-order valence-electron chi connectivity index (χ0n) is 13.7. The van der Waals surface area contributed by atoms with Crippen molar-refractivity contribution in [2.75, 3.05) is 18.4 Å². The smallest absolute Gasteiger partial charge is 0.323 e. The molecule has 1 aliphatic rings. The summed E-state index contributed by atoms with van der Waals surface area (Å²) in [6.45, 7) is 1.81. The highest BCUT2D eigenvalue weighted by Crippen LogP contribution is 2.34. The van der Waals surface area contributed by atoms with Gasteiger partial charge in [0.15, 0.2) is 0 Å². The molecule has 0 saturated carbocycles. The lowest BCUT2D eigenvalue weighted by molar-refractivity contribution is -0.116. The van der Waals surface area contributed by atoms with Crippen LogP contribution in [0, 0.1) is 0 Å². The van der Waals surface area contributed by atoms with E-state index in [1.165, 1.54) is 17.7 Å². The number of rotatable bonds is 5. The van der Waals surface area contributed by atoms with E-state index < -0.39 is 0 Å². The maximum absolute atomic E-state index is 12.3. The van der Waals surface area contributed by atoms with Crippen molar-refractivity contribution in [1.82, 2.24) is 14.9 Å². The molecule has 1 amide bonds. The van der Waals surface area contributed by atoms with E-state index in [4.69, 9.17) is 0 Å². The van der Waals surface area contributed by atoms with E-state index in [-0.39, 0.29) is 11.6 Å². The summed E-state index contributed by atoms with van der Waals surface area (Å²) in [5.74, 6) is -0.00550. The molecule has 1 atom stereocenters. The third kappa shape index (κ3) is 3.52. The average Bonchev–Trinajstić information content (AvgIpc) is 3.31. The summed E-state index contributed by atoms with van der Waals surface area (Å²) >= 11 is 1.79. The van der Waals surface area contributed by atoms with Crippen molar-refractivity contribution < 1.29 is 4.79 Å². The number of aromatic amines is 2. The highest BCUT2D eigenvalue weighted by molar-refractivity contribution is 7.10. The molecule has 0 bridgehead atoms. The van der Waals surface area contributed by atoms with Gasteiger partial charge in [0.05, 0.1) is 11.0 Å². The van der Waals surface area contributed by atoms with Crippen molar-refractivity contribution in [2.24, 2.45) is 0 Å². The fourth-order valence-corrected chi connectivity index (χ4v) is 4.37. The lowest BCUT2D eigenvalue weighted by Gasteiger charge is -2.23. The zero-order chi connectivity index (χ0) is 17.2. The van der Waals surface area contributed by atoms with Crippen molar-refractivity contribution in [3.63, 3.8) is 0 Å². The predicted molar refractivity (Wildman–Crippen MR) is 100 cm³/mol. The van der Waals surface area contributed by atoms with Crippen molar-refractivity contribution in [3.8, 4) is 0 Å². The number of benzene rings is 1. The number of aromatic nitrogens is 2. The van der Waals surface area contributed by atoms with E-state index in [0.29, 0.717) is 23.7 Å². The van der Waals surface area contributed by atoms with Gasteiger partial charge in [-0.3, -0.25) is 9.69 Å². The van der Waals surface area contributed by atoms with Crippen LogP contribution in [0.2, 0.25) is 0 Å². The highest BCUT2D eigenvalue weighted by Gasteiger charge is 2.26. The lowest BCUT2D eigenvalue weighted by atomic mass is 10.2. The molecule has 130 valence electrons. The topological polar surface area (TPSA) is 81.0 Å². The Morgan fingerprint density at radius 2 is 2.16 bits per heavy atom. The van der Waals surface area contributed by atoms with E-state index in [0.717, 1.165) is 18.6 Å². The number of carbonyl (C=O) groups excluding carboxylic acids is 1. The molecule has 1 saturated heterocycles. The van der Waals surface area contributed by atoms with Crippen LogP contribution in [0.4, 0.5) is 5.69 Å². The van der Waals surface area contributed by atoms with Crippen LogP contribution in [0.5, 0.6) is 0 Å². The Bertz CT molecular complexity index is 928. The Morgan fingerprint density at radius 3 is 3.00 bits per heavy atom. The van der Waals surface area contributed by atoms with Crippen LogP contribution < -0.4 is 11.0 Å². The maximum Gasteiger partial charge on any atom is 0.323 e. The summed E-state index contributed by atoms with van der Waals surface area (Å²) in [5.41, 5.74) is 1.88. The van der Waals surface area contributed by atoms with Gasteiger partial charge < -0.3 is 15.3 Å². The molecule has 0 radical (unpaired) electrons. The standard InChI is InChI=1S/C18H20N4O2S/c23-17(19-12-5-6-13-14(11-12)21-18(24)20-13)7-9-22-8-1-3-15(22)16-4-2-10-25-16/h2,4-6,10-11,15H,1,3,7-9H2,(H,19,23)(H2,20,21,24)/t15-/m1/s1. The van der Waals surface area contributed by atoms with Crippen molar-refractivity contribution in [3.05, 3.63) is 51.1 Å². The van der Waals surface area contributed by atoms with Gasteiger partial charge in [-0.1, -0.05) is 6.07 Å². The summed E-state index contributed by atoms with van der Waals surface area (Å²) in [4.78, 5) is 32.8. The third-order valence-corrected chi connectivity index (χ3v) is 5.63. The van der Waals surface area contributed by atoms with Gasteiger partial charge in [-0.2, -0.15) is 0 Å². The number of fused-ring (bicyclic) bond motifs is 1. The lowest BCUT2D eigenvalue weighted by Crippen LogP contribution is -2.27. The van der Waals surface area contributed by atoms with E-state index in [1.54, 1.807) is 29.5 Å². The minimum Gasteiger partial charge on any atom is -0.326 e. The van der Waals surface area contributed by atoms with Crippen LogP contribution in [0.1, 0.15) is 30.2 Å². The molecule has 3 N–H and O–H groups in total. The number of anilines is 1. The second kappa shape index (κ2) is 6.85. The predicted octanol–water partition coefficient (Wildman–Crippen LogP) is 3.08. The number of amides is 1. The first-order valence-electron chi connectivity index (χ1n) is 8.48. The van der Waals surface area contributed by atoms with Crippen molar-refractivity contribution in [2.45, 2.75) is 25.3 Å². The van der Waals surface area contributed by atoms with Gasteiger partial charge in [0.25, 0.3) is 0 Å². The van der Waals surface area contributed by atoms with Crippen LogP contribution in [0.15, 0.2) is 40.5 Å². The fraction of sp³-hybridized carbons (Fsp3) is 0.333. The molecule has 1 aliphatic heterocycles. The van der Waals surface area contributed by atoms with Crippen LogP contribution in [-0.2, 0) is 4.79 Å². The number of H-pyrrole nitrogens is 2. The minimum atomic E-state index is -0.243. The van der Waals surface area contributed by atoms with Crippen LogP contribution in [-0.4, -0.2) is 33.9 Å². The molecule has 6 nitrogen and oxygen atoms in total. The van der Waals surface area contributed by atoms with Gasteiger partial charge in [-0.05, 0) is 49.0 Å². The molecule has 3 heterocycles. The monoisotopic (exact) mass is 356 g/mol. The molecule has 2 aromatic heterocycles. The average molecular weight is 356 g/mol. The molecule has 1 fully saturated rings. The van der Waals surface area contributed by atoms with Crippen molar-refractivity contribution >= 4 is 34.0 Å². The van der Waals surface area contributed by atoms with Gasteiger partial charge in [-0.25, -0.2) is 4.79 Å². The van der Waals surface area contributed by atoms with Gasteiger partial charge in [0, 0.05) is 29.6 Å². The second-order valence-electron chi connectivity index (χ2n) is 6.35. The second-order valence-corrected chi connectivity index (χ2v) is 7.33. The quantitative estimate of drug-likeness (QED) is 0.657. The number of imidazole rings is 1. The maximum atomic E-state index is 12.3. The number of thiophene rings is 1. The zero-order valence-corrected chi connectivity index (χ0v) is 14.6. The van der Waals surface area contributed by atoms with Gasteiger partial charge in [0.1, 0.15) is 0 Å². The molecule has 0 spiro atoms. The van der Waals surface area contributed by atoms with Gasteiger partial charge >= 0.3 is 5.69 Å². The summed E-state index contributed by atoms with van der Waals surface area (Å²) < 4.78 is 0. The van der Waals surface area contributed by atoms with Crippen LogP contribution in [0.3, 0.4) is 0 Å². The van der Waals surface area contributed by atoms with E-state index in [2.05, 4.69) is 37.7 Å². The third-order valence-electron chi connectivity index (χ3n) is 4.66. The normalized spacial score (nSPS) is 18.0. The summed E-state index contributed by atoms with van der Waals surface area (Å²) in [7, 11) is 0. The highest BCUT2D eigenvalue weighted by atomic mass is 32.1. The number of hydrogen-bond donors (Lipinski definition) is 3. The van der Waals surface area contributed by atoms with Crippen LogP contribution in [0.25, 0.3) is 11.0 Å². The van der Waals surface area contributed by atoms with Crippen molar-refractivity contribution in [1.29, 1.82) is 0 Å². The first kappa shape index (κ1) is 16.1. The van der Waals surface area contributed by atoms with Crippen LogP contribution >= 0.6 is 11.3 Å². The SMILES string of the molecule is O=C(CCN1CCC[C@@H]1c1cccs1)Nc1ccc2[nH]c(=O)[nH]c2c1. The van der Waals surface area contributed by atoms with E-state index in [1.807, 2.05) is 0 Å². The Balaban J connectivity index is 1.36. The molecular weight excluding hydrogens is 336 g/mol. The van der Waals surface area contributed by atoms with Gasteiger partial charge in [0.2, 0.25) is 5.91 Å². The number of carbonyl (C=O) groups is 1. The molecule has 25 heavy (non-hydrogen) atoms. The first-order chi connectivity index (χ1) is 12.2. The molecule has 3 aromatic rings. The number of nitrogens with one attached hydrogen (secondary N) is 3. The molecule has 0 aliphatic carbocycles. The minimum absolute atomic E-state index is 0.00550. The molecule has 0 unspecified atom stereocenters. The fourth-order valence-electron chi connectivity index (χ4n) is 3.48. The molecular formula is C18H20N4O2S. The Labute approximate surface area is 148 Å². The Morgan fingerprint density at radius 1 is 1.28 bits per heavy atom. The number of likely N-dealkylation sites (tertiary alicyclic amines) is 1. The van der Waals surface area contributed by atoms with Gasteiger partial charge in [-0.15, -0.1) is 11.3 Å². The largest absolute Gasteiger partial charge is 0.326 e. The number of hydrogen-bond acceptors (Lipinski definition) is 4. The Hall–Kier alpha value is -2.38. The summed E-state index contributed by atoms with van der Waals surface area (Å²) in [6, 6.07) is 10.1. The van der Waals surface area contributed by atoms with E-state index in [9.17, 15) is 9.59 Å². The number of nitrogens with zero attached hydrogens (tertiary/aromatic N) is 1. The summed E-state index contributed by atoms with van der Waals surface area (Å²) in [5, 5.41) is 5.03. The molecule has 4 rings (SSSR count). The first-order valence-corrected chi connectivity index (χ1v) is 9.36. The van der Waals surface area contributed by atoms with E-state index >= 15 is 0 Å². The molecule has 7 heteroatoms.